The molecular formula is C7H10BO2. The highest BCUT2D eigenvalue weighted by Gasteiger charge is 1.91. The molecule has 1 radical (unpaired) electrons. The van der Waals surface area contributed by atoms with E-state index >= 15 is 0 Å². The smallest absolute Gasteiger partial charge is 0.184 e. The molecule has 0 rings (SSSR count). The minimum absolute atomic E-state index is 0.244. The summed E-state index contributed by atoms with van der Waals surface area (Å²) < 4.78 is 0. The summed E-state index contributed by atoms with van der Waals surface area (Å²) in [5.74, 6) is -0.244. The molecule has 0 aromatic rings. The van der Waals surface area contributed by atoms with Gasteiger partial charge in [-0.3, -0.25) is 4.79 Å². The monoisotopic (exact) mass is 137 g/mol. The Hall–Kier alpha value is -0.985. The molecule has 0 atom stereocenters. The van der Waals surface area contributed by atoms with E-state index in [-0.39, 0.29) is 5.76 Å². The molecule has 1 N–H and O–H groups in total. The van der Waals surface area contributed by atoms with Crippen LogP contribution in [0.5, 0.6) is 0 Å². The fourth-order valence-corrected chi connectivity index (χ4v) is 0.538. The minimum atomic E-state index is -0.244. The van der Waals surface area contributed by atoms with E-state index in [2.05, 4.69) is 0 Å². The number of aldehydes is 1. The lowest BCUT2D eigenvalue weighted by atomic mass is 9.72. The third-order valence-electron chi connectivity index (χ3n) is 1.10. The normalized spacial score (nSPS) is 13.0. The summed E-state index contributed by atoms with van der Waals surface area (Å²) in [5, 5.41) is 8.72. The summed E-state index contributed by atoms with van der Waals surface area (Å²) in [4.78, 5) is 9.91. The molecule has 0 saturated carbocycles. The molecule has 10 heavy (non-hydrogen) atoms. The molecular weight excluding hydrogens is 127 g/mol. The summed E-state index contributed by atoms with van der Waals surface area (Å²) in [5.41, 5.74) is 0.838. The number of carbonyl (C=O) groups is 1. The standard InChI is InChI=1S/C7H10BO2/c1-3-6(8-2)4-7(10)5-9/h3-5,10H,1-2H3/b6-3-,7-4-. The molecule has 0 aromatic heterocycles. The topological polar surface area (TPSA) is 37.3 Å². The highest BCUT2D eigenvalue weighted by molar-refractivity contribution is 6.44. The predicted octanol–water partition coefficient (Wildman–Crippen LogP) is 1.28. The number of hydrogen-bond acceptors (Lipinski definition) is 2. The fraction of sp³-hybridized carbons (Fsp3) is 0.286. The van der Waals surface area contributed by atoms with E-state index in [1.54, 1.807) is 13.4 Å². The van der Waals surface area contributed by atoms with E-state index in [4.69, 9.17) is 5.11 Å². The molecule has 3 heteroatoms. The highest BCUT2D eigenvalue weighted by Crippen LogP contribution is 1.96. The van der Waals surface area contributed by atoms with Gasteiger partial charge in [0.05, 0.1) is 0 Å². The molecule has 0 aliphatic carbocycles. The fourth-order valence-electron chi connectivity index (χ4n) is 0.538. The van der Waals surface area contributed by atoms with E-state index in [0.29, 0.717) is 6.29 Å². The van der Waals surface area contributed by atoms with Gasteiger partial charge in [0.15, 0.2) is 12.0 Å². The number of carbonyl (C=O) groups excluding carboxylic acids is 1. The van der Waals surface area contributed by atoms with Gasteiger partial charge >= 0.3 is 0 Å². The maximum atomic E-state index is 9.91. The number of rotatable bonds is 3. The number of hydrogen-bond donors (Lipinski definition) is 1. The van der Waals surface area contributed by atoms with Crippen LogP contribution >= 0.6 is 0 Å². The van der Waals surface area contributed by atoms with Crippen LogP contribution < -0.4 is 0 Å². The molecule has 53 valence electrons. The van der Waals surface area contributed by atoms with Gasteiger partial charge in [-0.1, -0.05) is 18.4 Å². The zero-order valence-corrected chi connectivity index (χ0v) is 6.16. The maximum Gasteiger partial charge on any atom is 0.184 e. The summed E-state index contributed by atoms with van der Waals surface area (Å²) in [6.07, 6.45) is 3.62. The van der Waals surface area contributed by atoms with Crippen molar-refractivity contribution in [3.63, 3.8) is 0 Å². The van der Waals surface area contributed by atoms with Crippen LogP contribution in [0.25, 0.3) is 0 Å². The Labute approximate surface area is 61.5 Å². The number of allylic oxidation sites excluding steroid dienone is 4. The Balaban J connectivity index is 4.22. The van der Waals surface area contributed by atoms with Crippen molar-refractivity contribution < 1.29 is 9.90 Å². The molecule has 0 saturated heterocycles. The maximum absolute atomic E-state index is 9.91. The van der Waals surface area contributed by atoms with E-state index in [1.165, 1.54) is 6.08 Å². The third-order valence-corrected chi connectivity index (χ3v) is 1.10. The molecule has 0 heterocycles. The van der Waals surface area contributed by atoms with Crippen molar-refractivity contribution in [2.24, 2.45) is 0 Å². The summed E-state index contributed by atoms with van der Waals surface area (Å²) >= 11 is 0. The molecule has 0 bridgehead atoms. The van der Waals surface area contributed by atoms with Gasteiger partial charge in [0.2, 0.25) is 0 Å². The lowest BCUT2D eigenvalue weighted by Gasteiger charge is -1.92. The second-order valence-electron chi connectivity index (χ2n) is 1.76. The highest BCUT2D eigenvalue weighted by atomic mass is 16.3. The van der Waals surface area contributed by atoms with Crippen LogP contribution in [0.4, 0.5) is 0 Å². The first-order chi connectivity index (χ1) is 4.74. The average molecular weight is 137 g/mol. The van der Waals surface area contributed by atoms with E-state index in [1.807, 2.05) is 13.7 Å². The van der Waals surface area contributed by atoms with Crippen LogP contribution in [0.1, 0.15) is 6.92 Å². The Bertz CT molecular complexity index is 170. The van der Waals surface area contributed by atoms with Gasteiger partial charge in [0.25, 0.3) is 0 Å². The Kier molecular flexibility index (Phi) is 4.38. The summed E-state index contributed by atoms with van der Waals surface area (Å²) in [6, 6.07) is 0. The van der Waals surface area contributed by atoms with Gasteiger partial charge in [-0.2, -0.15) is 0 Å². The Morgan fingerprint density at radius 3 is 2.50 bits per heavy atom. The van der Waals surface area contributed by atoms with Crippen LogP contribution in [0, 0.1) is 0 Å². The SMILES string of the molecule is C[B]C(/C=C(\O)C=O)=C\C. The summed E-state index contributed by atoms with van der Waals surface area (Å²) in [7, 11) is 1.81. The third kappa shape index (κ3) is 3.12. The lowest BCUT2D eigenvalue weighted by Crippen LogP contribution is -1.89. The molecule has 0 spiro atoms. The van der Waals surface area contributed by atoms with Crippen molar-refractivity contribution in [1.29, 1.82) is 0 Å². The molecule has 0 fully saturated rings. The first kappa shape index (κ1) is 9.01. The van der Waals surface area contributed by atoms with Gasteiger partial charge in [-0.05, 0) is 13.0 Å². The zero-order chi connectivity index (χ0) is 7.98. The van der Waals surface area contributed by atoms with E-state index in [9.17, 15) is 4.79 Å². The van der Waals surface area contributed by atoms with Crippen molar-refractivity contribution in [1.82, 2.24) is 0 Å². The second-order valence-corrected chi connectivity index (χ2v) is 1.76. The van der Waals surface area contributed by atoms with Crippen molar-refractivity contribution in [3.05, 3.63) is 23.4 Å². The Morgan fingerprint density at radius 2 is 2.20 bits per heavy atom. The minimum Gasteiger partial charge on any atom is -0.505 e. The zero-order valence-electron chi connectivity index (χ0n) is 6.16. The summed E-state index contributed by atoms with van der Waals surface area (Å²) in [6.45, 7) is 3.67. The van der Waals surface area contributed by atoms with Gasteiger partial charge < -0.3 is 5.11 Å². The molecule has 0 unspecified atom stereocenters. The van der Waals surface area contributed by atoms with Crippen molar-refractivity contribution in [2.75, 3.05) is 0 Å². The molecule has 2 nitrogen and oxygen atoms in total. The van der Waals surface area contributed by atoms with Crippen LogP contribution in [0.3, 0.4) is 0 Å². The van der Waals surface area contributed by atoms with Crippen molar-refractivity contribution in [3.8, 4) is 0 Å². The van der Waals surface area contributed by atoms with Crippen molar-refractivity contribution in [2.45, 2.75) is 13.7 Å². The molecule has 0 aliphatic rings. The number of aliphatic hydroxyl groups excluding tert-OH is 1. The van der Waals surface area contributed by atoms with Crippen molar-refractivity contribution >= 4 is 13.6 Å². The van der Waals surface area contributed by atoms with Gasteiger partial charge in [0.1, 0.15) is 7.28 Å². The van der Waals surface area contributed by atoms with Crippen LogP contribution in [0.15, 0.2) is 23.4 Å². The van der Waals surface area contributed by atoms with Gasteiger partial charge in [0, 0.05) is 0 Å². The van der Waals surface area contributed by atoms with Gasteiger partial charge in [-0.25, -0.2) is 0 Å². The van der Waals surface area contributed by atoms with Crippen LogP contribution in [-0.2, 0) is 4.79 Å². The Morgan fingerprint density at radius 1 is 1.60 bits per heavy atom. The van der Waals surface area contributed by atoms with E-state index in [0.717, 1.165) is 5.47 Å². The van der Waals surface area contributed by atoms with E-state index < -0.39 is 0 Å². The second kappa shape index (κ2) is 4.85. The predicted molar refractivity (Wildman–Crippen MR) is 42.2 cm³/mol. The largest absolute Gasteiger partial charge is 0.505 e. The lowest BCUT2D eigenvalue weighted by molar-refractivity contribution is -0.106. The van der Waals surface area contributed by atoms with Crippen LogP contribution in [-0.4, -0.2) is 18.7 Å². The molecule has 0 amide bonds. The number of aliphatic hydroxyl groups is 1. The first-order valence-corrected chi connectivity index (χ1v) is 3.06. The van der Waals surface area contributed by atoms with Gasteiger partial charge in [-0.15, -0.1) is 0 Å². The first-order valence-electron chi connectivity index (χ1n) is 3.06. The quantitative estimate of drug-likeness (QED) is 0.209. The molecule has 0 aromatic carbocycles. The molecule has 0 aliphatic heterocycles. The average Bonchev–Trinajstić information content (AvgIpc) is 1.99. The van der Waals surface area contributed by atoms with Crippen LogP contribution in [0.2, 0.25) is 6.82 Å².